The van der Waals surface area contributed by atoms with Gasteiger partial charge in [0.15, 0.2) is 6.29 Å². The summed E-state index contributed by atoms with van der Waals surface area (Å²) in [5.74, 6) is 0.112. The molecule has 3 aliphatic heterocycles. The van der Waals surface area contributed by atoms with Gasteiger partial charge in [0.05, 0.1) is 25.5 Å². The maximum atomic E-state index is 13.3. The molecule has 8 rings (SSSR count). The number of carbonyl (C=O) groups is 2. The first-order valence-corrected chi connectivity index (χ1v) is 19.6. The summed E-state index contributed by atoms with van der Waals surface area (Å²) < 4.78 is 13.4. The second-order valence-electron chi connectivity index (χ2n) is 14.9. The molecular formula is C46H49N5O5. The molecule has 0 radical (unpaired) electrons. The first-order valence-electron chi connectivity index (χ1n) is 19.6. The number of hydrogen-bond acceptors (Lipinski definition) is 7. The van der Waals surface area contributed by atoms with Gasteiger partial charge in [-0.15, -0.1) is 0 Å². The molecule has 4 N–H and O–H groups in total. The lowest BCUT2D eigenvalue weighted by atomic mass is 9.85. The Balaban J connectivity index is 0.947. The maximum absolute atomic E-state index is 13.3. The number of aliphatic hydroxyl groups excluding tert-OH is 1. The monoisotopic (exact) mass is 751 g/mol. The third-order valence-corrected chi connectivity index (χ3v) is 11.4. The maximum Gasteiger partial charge on any atom is 0.315 e. The number of anilines is 1. The minimum absolute atomic E-state index is 0.0106. The molecule has 5 aromatic carbocycles. The minimum atomic E-state index is -0.583. The van der Waals surface area contributed by atoms with E-state index in [1.54, 1.807) is 0 Å². The zero-order valence-electron chi connectivity index (χ0n) is 31.5. The van der Waals surface area contributed by atoms with E-state index in [4.69, 9.17) is 9.47 Å². The third-order valence-electron chi connectivity index (χ3n) is 11.4. The molecule has 3 fully saturated rings. The van der Waals surface area contributed by atoms with Gasteiger partial charge in [-0.25, -0.2) is 4.79 Å². The van der Waals surface area contributed by atoms with Crippen LogP contribution in [-0.4, -0.2) is 59.9 Å². The minimum Gasteiger partial charge on any atom is -0.392 e. The van der Waals surface area contributed by atoms with E-state index in [1.165, 1.54) is 0 Å². The second kappa shape index (κ2) is 17.1. The predicted octanol–water partition coefficient (Wildman–Crippen LogP) is 6.82. The number of benzene rings is 5. The highest BCUT2D eigenvalue weighted by molar-refractivity contribution is 5.93. The largest absolute Gasteiger partial charge is 0.392 e. The van der Waals surface area contributed by atoms with Crippen molar-refractivity contribution in [1.29, 1.82) is 0 Å². The van der Waals surface area contributed by atoms with Gasteiger partial charge in [-0.05, 0) is 58.4 Å². The fourth-order valence-electron chi connectivity index (χ4n) is 8.25. The Morgan fingerprint density at radius 1 is 0.750 bits per heavy atom. The van der Waals surface area contributed by atoms with Crippen molar-refractivity contribution >= 4 is 17.6 Å². The first-order chi connectivity index (χ1) is 27.5. The number of ether oxygens (including phenoxy) is 2. The van der Waals surface area contributed by atoms with Crippen LogP contribution in [0.25, 0.3) is 11.1 Å². The number of amides is 3. The Hall–Kier alpha value is -5.52. The summed E-state index contributed by atoms with van der Waals surface area (Å²) in [6.07, 6.45) is 1.28. The highest BCUT2D eigenvalue weighted by atomic mass is 16.7. The topological polar surface area (TPSA) is 115 Å². The van der Waals surface area contributed by atoms with Crippen LogP contribution in [0.5, 0.6) is 0 Å². The zero-order valence-corrected chi connectivity index (χ0v) is 31.5. The van der Waals surface area contributed by atoms with Crippen LogP contribution in [-0.2, 0) is 34.0 Å². The summed E-state index contributed by atoms with van der Waals surface area (Å²) in [4.78, 5) is 30.6. The molecule has 0 saturated carbocycles. The molecule has 0 aromatic heterocycles. The fourth-order valence-corrected chi connectivity index (χ4v) is 8.25. The van der Waals surface area contributed by atoms with Gasteiger partial charge < -0.3 is 40.3 Å². The number of para-hydroxylation sites is 1. The Bertz CT molecular complexity index is 2070. The van der Waals surface area contributed by atoms with Gasteiger partial charge in [0.2, 0.25) is 5.91 Å². The molecule has 10 nitrogen and oxygen atoms in total. The molecule has 288 valence electrons. The molecule has 1 spiro atoms. The van der Waals surface area contributed by atoms with Crippen molar-refractivity contribution in [1.82, 2.24) is 20.9 Å². The summed E-state index contributed by atoms with van der Waals surface area (Å²) in [6.45, 7) is 3.66. The average Bonchev–Trinajstić information content (AvgIpc) is 3.57. The van der Waals surface area contributed by atoms with Crippen LogP contribution in [0.15, 0.2) is 133 Å². The van der Waals surface area contributed by atoms with Crippen LogP contribution in [0.3, 0.4) is 0 Å². The lowest BCUT2D eigenvalue weighted by Crippen LogP contribution is -2.57. The summed E-state index contributed by atoms with van der Waals surface area (Å²) in [5, 5.41) is 18.7. The smallest absolute Gasteiger partial charge is 0.315 e. The first kappa shape index (κ1) is 37.4. The molecule has 0 aliphatic carbocycles. The van der Waals surface area contributed by atoms with Crippen LogP contribution in [0, 0.1) is 0 Å². The standard InChI is InChI=1S/C46H49N5O5/c52-31-34-15-17-36(18-16-34)42-27-40(30-50-25-23-46(24-26-50)44(53)49-32-51(46)39-12-5-2-6-13-39)55-43(56-42)37-21-19-35(20-22-37)41-14-8-7-11-38(41)29-48-45(54)47-28-33-9-3-1-4-10-33/h1-22,40,42-43,52H,23-32H2,(H,49,53)(H2,47,48,54)/t40-,42+,43+/m0/s1. The van der Waals surface area contributed by atoms with Gasteiger partial charge in [-0.3, -0.25) is 4.79 Å². The van der Waals surface area contributed by atoms with E-state index in [2.05, 4.69) is 68.2 Å². The molecule has 3 amide bonds. The number of rotatable bonds is 11. The molecule has 3 heterocycles. The van der Waals surface area contributed by atoms with E-state index in [1.807, 2.05) is 91.0 Å². The summed E-state index contributed by atoms with van der Waals surface area (Å²) in [7, 11) is 0. The highest BCUT2D eigenvalue weighted by Crippen LogP contribution is 2.40. The number of nitrogens with one attached hydrogen (secondary N) is 3. The van der Waals surface area contributed by atoms with E-state index in [-0.39, 0.29) is 30.8 Å². The number of urea groups is 1. The Labute approximate surface area is 328 Å². The van der Waals surface area contributed by atoms with Gasteiger partial charge in [-0.1, -0.05) is 121 Å². The third kappa shape index (κ3) is 8.34. The Morgan fingerprint density at radius 2 is 1.41 bits per heavy atom. The van der Waals surface area contributed by atoms with Crippen LogP contribution >= 0.6 is 0 Å². The molecule has 0 bridgehead atoms. The molecule has 5 aromatic rings. The fraction of sp³-hybridized carbons (Fsp3) is 0.304. The van der Waals surface area contributed by atoms with Crippen molar-refractivity contribution in [3.05, 3.63) is 161 Å². The van der Waals surface area contributed by atoms with Gasteiger partial charge >= 0.3 is 6.03 Å². The van der Waals surface area contributed by atoms with Crippen LogP contribution in [0.1, 0.15) is 59.5 Å². The Morgan fingerprint density at radius 3 is 2.14 bits per heavy atom. The van der Waals surface area contributed by atoms with Gasteiger partial charge in [0.1, 0.15) is 5.54 Å². The van der Waals surface area contributed by atoms with E-state index in [0.717, 1.165) is 77.1 Å². The molecule has 56 heavy (non-hydrogen) atoms. The number of hydrogen-bond donors (Lipinski definition) is 4. The summed E-state index contributed by atoms with van der Waals surface area (Å²) >= 11 is 0. The quantitative estimate of drug-likeness (QED) is 0.117. The van der Waals surface area contributed by atoms with Crippen molar-refractivity contribution in [2.24, 2.45) is 0 Å². The summed E-state index contributed by atoms with van der Waals surface area (Å²) in [5.41, 5.74) is 7.47. The molecule has 0 unspecified atom stereocenters. The van der Waals surface area contributed by atoms with E-state index < -0.39 is 11.8 Å². The molecule has 3 aliphatic rings. The zero-order chi connectivity index (χ0) is 38.3. The van der Waals surface area contributed by atoms with Crippen molar-refractivity contribution in [2.45, 2.75) is 63.0 Å². The van der Waals surface area contributed by atoms with Crippen molar-refractivity contribution in [2.75, 3.05) is 31.2 Å². The molecular weight excluding hydrogens is 703 g/mol. The summed E-state index contributed by atoms with van der Waals surface area (Å²) in [6, 6.07) is 44.2. The number of piperidine rings is 1. The number of nitrogens with zero attached hydrogens (tertiary/aromatic N) is 2. The Kier molecular flexibility index (Phi) is 11.4. The van der Waals surface area contributed by atoms with Gasteiger partial charge in [-0.2, -0.15) is 0 Å². The van der Waals surface area contributed by atoms with Crippen molar-refractivity contribution in [3.63, 3.8) is 0 Å². The highest BCUT2D eigenvalue weighted by Gasteiger charge is 2.50. The van der Waals surface area contributed by atoms with Crippen LogP contribution in [0.2, 0.25) is 0 Å². The van der Waals surface area contributed by atoms with Gasteiger partial charge in [0, 0.05) is 50.4 Å². The van der Waals surface area contributed by atoms with Gasteiger partial charge in [0.25, 0.3) is 0 Å². The van der Waals surface area contributed by atoms with Crippen LogP contribution in [0.4, 0.5) is 10.5 Å². The SMILES string of the molecule is O=C(NCc1ccccc1)NCc1ccccc1-c1ccc([C@@H]2O[C@H](CN3CCC4(CC3)C(=O)NCN4c3ccccc3)C[C@H](c3ccc(CO)cc3)O2)cc1. The number of carbonyl (C=O) groups excluding carboxylic acids is 2. The van der Waals surface area contributed by atoms with Crippen molar-refractivity contribution in [3.8, 4) is 11.1 Å². The van der Waals surface area contributed by atoms with Crippen molar-refractivity contribution < 1.29 is 24.2 Å². The number of aliphatic hydroxyl groups is 1. The number of likely N-dealkylation sites (tertiary alicyclic amines) is 1. The average molecular weight is 752 g/mol. The second-order valence-corrected chi connectivity index (χ2v) is 14.9. The normalized spacial score (nSPS) is 20.8. The van der Waals surface area contributed by atoms with E-state index in [9.17, 15) is 14.7 Å². The lowest BCUT2D eigenvalue weighted by Gasteiger charge is -2.45. The van der Waals surface area contributed by atoms with E-state index >= 15 is 0 Å². The molecule has 10 heteroatoms. The predicted molar refractivity (Wildman–Crippen MR) is 216 cm³/mol. The van der Waals surface area contributed by atoms with E-state index in [0.29, 0.717) is 26.2 Å². The molecule has 3 saturated heterocycles. The molecule has 3 atom stereocenters. The van der Waals surface area contributed by atoms with Crippen LogP contribution < -0.4 is 20.9 Å². The lowest BCUT2D eigenvalue weighted by molar-refractivity contribution is -0.253.